The zero-order valence-corrected chi connectivity index (χ0v) is 22.1. The molecule has 4 aromatic heterocycles. The molecular formula is C30H28N6O3. The predicted octanol–water partition coefficient (Wildman–Crippen LogP) is 5.44. The number of aromatic amines is 1. The van der Waals surface area contributed by atoms with Crippen LogP contribution in [0.4, 0.5) is 0 Å². The summed E-state index contributed by atoms with van der Waals surface area (Å²) in [4.78, 5) is 20.7. The van der Waals surface area contributed by atoms with Gasteiger partial charge in [-0.25, -0.2) is 9.97 Å². The van der Waals surface area contributed by atoms with Crippen molar-refractivity contribution < 1.29 is 14.0 Å². The number of H-pyrrole nitrogens is 1. The molecule has 39 heavy (non-hydrogen) atoms. The van der Waals surface area contributed by atoms with E-state index in [0.717, 1.165) is 105 Å². The first-order chi connectivity index (χ1) is 19.1. The lowest BCUT2D eigenvalue weighted by atomic mass is 9.99. The number of hydrogen-bond acceptors (Lipinski definition) is 8. The van der Waals surface area contributed by atoms with Crippen LogP contribution < -0.4 is 4.74 Å². The predicted molar refractivity (Wildman–Crippen MR) is 150 cm³/mol. The van der Waals surface area contributed by atoms with Crippen LogP contribution in [0.25, 0.3) is 55.2 Å². The SMILES string of the molecule is COc1cc2c(cc1-c1c(C)noc1C)[nH]c1nc(CN3CCOCC3)nc(-c3ccnc4ccccc34)c12. The normalized spacial score (nSPS) is 14.5. The van der Waals surface area contributed by atoms with Crippen LogP contribution in [0.15, 0.2) is 53.2 Å². The van der Waals surface area contributed by atoms with E-state index in [1.165, 1.54) is 0 Å². The molecule has 0 aliphatic carbocycles. The summed E-state index contributed by atoms with van der Waals surface area (Å²) in [6.07, 6.45) is 1.85. The van der Waals surface area contributed by atoms with Crippen LogP contribution in [0, 0.1) is 13.8 Å². The van der Waals surface area contributed by atoms with Crippen molar-refractivity contribution in [3.05, 3.63) is 65.9 Å². The molecule has 6 aromatic rings. The lowest BCUT2D eigenvalue weighted by molar-refractivity contribution is 0.0331. The number of aryl methyl sites for hydroxylation is 2. The van der Waals surface area contributed by atoms with Crippen LogP contribution in [0.2, 0.25) is 0 Å². The summed E-state index contributed by atoms with van der Waals surface area (Å²) in [5, 5.41) is 7.15. The van der Waals surface area contributed by atoms with Gasteiger partial charge in [0.05, 0.1) is 54.7 Å². The summed E-state index contributed by atoms with van der Waals surface area (Å²) in [7, 11) is 1.69. The number of ether oxygens (including phenoxy) is 2. The van der Waals surface area contributed by atoms with Gasteiger partial charge >= 0.3 is 0 Å². The molecule has 0 spiro atoms. The van der Waals surface area contributed by atoms with Gasteiger partial charge in [0.25, 0.3) is 0 Å². The van der Waals surface area contributed by atoms with E-state index < -0.39 is 0 Å². The van der Waals surface area contributed by atoms with Crippen LogP contribution in [0.5, 0.6) is 5.75 Å². The number of hydrogen-bond donors (Lipinski definition) is 1. The monoisotopic (exact) mass is 520 g/mol. The number of fused-ring (bicyclic) bond motifs is 4. The fourth-order valence-corrected chi connectivity index (χ4v) is 5.63. The molecule has 9 nitrogen and oxygen atoms in total. The van der Waals surface area contributed by atoms with Crippen molar-refractivity contribution in [2.45, 2.75) is 20.4 Å². The van der Waals surface area contributed by atoms with Crippen molar-refractivity contribution in [3.8, 4) is 28.1 Å². The second-order valence-corrected chi connectivity index (χ2v) is 9.90. The lowest BCUT2D eigenvalue weighted by Gasteiger charge is -2.25. The second-order valence-electron chi connectivity index (χ2n) is 9.90. The topological polar surface area (TPSA) is 102 Å². The molecule has 196 valence electrons. The Bertz CT molecular complexity index is 1830. The summed E-state index contributed by atoms with van der Waals surface area (Å²) in [5.41, 5.74) is 7.23. The largest absolute Gasteiger partial charge is 0.496 e. The molecule has 1 aliphatic heterocycles. The van der Waals surface area contributed by atoms with E-state index in [0.29, 0.717) is 6.54 Å². The van der Waals surface area contributed by atoms with Gasteiger partial charge in [0.2, 0.25) is 0 Å². The van der Waals surface area contributed by atoms with Gasteiger partial charge in [0.1, 0.15) is 23.0 Å². The number of nitrogens with one attached hydrogen (secondary N) is 1. The third-order valence-electron chi connectivity index (χ3n) is 7.49. The minimum absolute atomic E-state index is 0.651. The molecule has 1 fully saturated rings. The van der Waals surface area contributed by atoms with Crippen LogP contribution >= 0.6 is 0 Å². The van der Waals surface area contributed by atoms with Crippen molar-refractivity contribution in [2.75, 3.05) is 33.4 Å². The maximum Gasteiger partial charge on any atom is 0.145 e. The molecule has 0 unspecified atom stereocenters. The van der Waals surface area contributed by atoms with E-state index >= 15 is 0 Å². The lowest BCUT2D eigenvalue weighted by Crippen LogP contribution is -2.36. The molecule has 0 radical (unpaired) electrons. The van der Waals surface area contributed by atoms with Gasteiger partial charge in [0, 0.05) is 46.7 Å². The van der Waals surface area contributed by atoms with Crippen LogP contribution in [0.1, 0.15) is 17.3 Å². The summed E-state index contributed by atoms with van der Waals surface area (Å²) in [5.74, 6) is 2.25. The van der Waals surface area contributed by atoms with Crippen molar-refractivity contribution in [3.63, 3.8) is 0 Å². The average Bonchev–Trinajstić information content (AvgIpc) is 3.49. The minimum Gasteiger partial charge on any atom is -0.496 e. The molecule has 1 aliphatic rings. The van der Waals surface area contributed by atoms with Crippen LogP contribution in [-0.4, -0.2) is 63.4 Å². The fourth-order valence-electron chi connectivity index (χ4n) is 5.63. The molecular weight excluding hydrogens is 492 g/mol. The number of rotatable bonds is 5. The quantitative estimate of drug-likeness (QED) is 0.321. The third kappa shape index (κ3) is 4.02. The van der Waals surface area contributed by atoms with E-state index in [1.54, 1.807) is 7.11 Å². The summed E-state index contributed by atoms with van der Waals surface area (Å²) in [6, 6.07) is 14.4. The zero-order chi connectivity index (χ0) is 26.5. The Morgan fingerprint density at radius 2 is 1.85 bits per heavy atom. The Labute approximate surface area is 224 Å². The molecule has 0 atom stereocenters. The number of nitrogens with zero attached hydrogens (tertiary/aromatic N) is 5. The Balaban J connectivity index is 1.51. The molecule has 7 rings (SSSR count). The van der Waals surface area contributed by atoms with Crippen molar-refractivity contribution in [1.82, 2.24) is 30.0 Å². The van der Waals surface area contributed by atoms with Crippen molar-refractivity contribution in [1.29, 1.82) is 0 Å². The molecule has 2 aromatic carbocycles. The summed E-state index contributed by atoms with van der Waals surface area (Å²) >= 11 is 0. The number of pyridine rings is 1. The van der Waals surface area contributed by atoms with E-state index in [4.69, 9.17) is 24.0 Å². The number of aromatic nitrogens is 5. The third-order valence-corrected chi connectivity index (χ3v) is 7.49. The van der Waals surface area contributed by atoms with Gasteiger partial charge in [-0.3, -0.25) is 9.88 Å². The van der Waals surface area contributed by atoms with Crippen LogP contribution in [-0.2, 0) is 11.3 Å². The molecule has 0 saturated carbocycles. The Morgan fingerprint density at radius 3 is 2.64 bits per heavy atom. The minimum atomic E-state index is 0.651. The highest BCUT2D eigenvalue weighted by molar-refractivity contribution is 6.15. The molecule has 1 N–H and O–H groups in total. The second kappa shape index (κ2) is 9.44. The number of methoxy groups -OCH3 is 1. The first-order valence-corrected chi connectivity index (χ1v) is 13.1. The molecule has 0 bridgehead atoms. The Kier molecular flexibility index (Phi) is 5.75. The first kappa shape index (κ1) is 23.8. The first-order valence-electron chi connectivity index (χ1n) is 13.1. The highest BCUT2D eigenvalue weighted by atomic mass is 16.5. The maximum atomic E-state index is 5.89. The number of morpholine rings is 1. The smallest absolute Gasteiger partial charge is 0.145 e. The van der Waals surface area contributed by atoms with Gasteiger partial charge in [-0.15, -0.1) is 0 Å². The summed E-state index contributed by atoms with van der Waals surface area (Å²) in [6.45, 7) is 7.68. The van der Waals surface area contributed by atoms with Gasteiger partial charge in [-0.2, -0.15) is 0 Å². The van der Waals surface area contributed by atoms with E-state index in [1.807, 2.05) is 44.3 Å². The highest BCUT2D eigenvalue weighted by Gasteiger charge is 2.23. The Hall–Kier alpha value is -4.34. The van der Waals surface area contributed by atoms with E-state index in [2.05, 4.69) is 38.2 Å². The van der Waals surface area contributed by atoms with Gasteiger partial charge in [-0.1, -0.05) is 23.4 Å². The molecule has 5 heterocycles. The van der Waals surface area contributed by atoms with Gasteiger partial charge in [-0.05, 0) is 38.1 Å². The van der Waals surface area contributed by atoms with Gasteiger partial charge in [0.15, 0.2) is 0 Å². The number of benzene rings is 2. The van der Waals surface area contributed by atoms with Gasteiger partial charge < -0.3 is 19.0 Å². The zero-order valence-electron chi connectivity index (χ0n) is 22.1. The Morgan fingerprint density at radius 1 is 1.00 bits per heavy atom. The van der Waals surface area contributed by atoms with Crippen molar-refractivity contribution >= 4 is 32.8 Å². The number of para-hydroxylation sites is 1. The van der Waals surface area contributed by atoms with Crippen molar-refractivity contribution in [2.24, 2.45) is 0 Å². The molecule has 0 amide bonds. The van der Waals surface area contributed by atoms with E-state index in [9.17, 15) is 0 Å². The van der Waals surface area contributed by atoms with Crippen LogP contribution in [0.3, 0.4) is 0 Å². The van der Waals surface area contributed by atoms with E-state index in [-0.39, 0.29) is 0 Å². The molecule has 1 saturated heterocycles. The average molecular weight is 521 g/mol. The molecule has 9 heteroatoms. The summed E-state index contributed by atoms with van der Waals surface area (Å²) < 4.78 is 16.9. The highest BCUT2D eigenvalue weighted by Crippen LogP contribution is 2.42. The maximum absolute atomic E-state index is 5.89. The standard InChI is InChI=1S/C30H28N6O3/c1-17-27(18(2)39-35-17)22-14-24-21(15-25(22)37-3)28-29(20-8-9-31-23-7-5-4-6-19(20)23)33-26(34-30(28)32-24)16-36-10-12-38-13-11-36/h4-9,14-15H,10-13,16H2,1-3H3,(H,32,33,34). The fraction of sp³-hybridized carbons (Fsp3) is 0.267.